The lowest BCUT2D eigenvalue weighted by atomic mass is 10.1. The summed E-state index contributed by atoms with van der Waals surface area (Å²) in [5.74, 6) is 0.0136. The van der Waals surface area contributed by atoms with Crippen LogP contribution in [0.3, 0.4) is 0 Å². The van der Waals surface area contributed by atoms with Crippen molar-refractivity contribution in [3.8, 4) is 5.75 Å². The van der Waals surface area contributed by atoms with Crippen LogP contribution in [-0.2, 0) is 20.9 Å². The van der Waals surface area contributed by atoms with Gasteiger partial charge in [0, 0.05) is 12.1 Å². The molecule has 1 amide bonds. The molecule has 0 radical (unpaired) electrons. The summed E-state index contributed by atoms with van der Waals surface area (Å²) in [7, 11) is -4.51. The van der Waals surface area contributed by atoms with Crippen molar-refractivity contribution < 1.29 is 41.1 Å². The molecule has 0 fully saturated rings. The number of hydrogen-bond acceptors (Lipinski definition) is 7. The number of fused-ring (bicyclic) bond motifs is 1. The third-order valence-corrected chi connectivity index (χ3v) is 6.91. The van der Waals surface area contributed by atoms with Crippen LogP contribution in [0.25, 0.3) is 0 Å². The average Bonchev–Trinajstić information content (AvgIpc) is 2.80. The molecule has 1 atom stereocenters. The zero-order chi connectivity index (χ0) is 27.6. The standard InChI is InChI=1S/C23H27F3N4O6S/c1-22(2,3)36-21(31)28-15-7-9-19-18(12-15)30(13-16(35-19)8-10-20(27)29-32)37(33,34)17-6-4-5-14(11-17)23(24,25)26/h4-7,9,11-12,16,32H,8,10,13H2,1-3H3,(H2,27,29)(H,28,31). The van der Waals surface area contributed by atoms with Crippen molar-refractivity contribution in [2.24, 2.45) is 10.9 Å². The van der Waals surface area contributed by atoms with Crippen LogP contribution in [0.5, 0.6) is 5.75 Å². The maximum Gasteiger partial charge on any atom is 0.416 e. The van der Waals surface area contributed by atoms with E-state index >= 15 is 0 Å². The molecule has 202 valence electrons. The highest BCUT2D eigenvalue weighted by atomic mass is 32.2. The number of amides is 1. The fourth-order valence-corrected chi connectivity index (χ4v) is 5.05. The van der Waals surface area contributed by atoms with Gasteiger partial charge in [-0.3, -0.25) is 9.62 Å². The fraction of sp³-hybridized carbons (Fsp3) is 0.391. The lowest BCUT2D eigenvalue weighted by Crippen LogP contribution is -2.44. The minimum atomic E-state index is -4.75. The maximum absolute atomic E-state index is 13.6. The van der Waals surface area contributed by atoms with Crippen LogP contribution < -0.4 is 20.1 Å². The van der Waals surface area contributed by atoms with Gasteiger partial charge in [0.1, 0.15) is 23.3 Å². The third kappa shape index (κ3) is 6.96. The second kappa shape index (κ2) is 10.4. The van der Waals surface area contributed by atoms with E-state index in [1.807, 2.05) is 0 Å². The molecule has 1 aliphatic heterocycles. The summed E-state index contributed by atoms with van der Waals surface area (Å²) < 4.78 is 79.0. The number of nitrogens with zero attached hydrogens (tertiary/aromatic N) is 2. The summed E-state index contributed by atoms with van der Waals surface area (Å²) in [6.45, 7) is 4.74. The Morgan fingerprint density at radius 3 is 2.57 bits per heavy atom. The number of carbonyl (C=O) groups is 1. The SMILES string of the molecule is CC(C)(C)OC(=O)Nc1ccc2c(c1)N(S(=O)(=O)c1cccc(C(F)(F)F)c1)CC(CCC(N)=NO)O2. The Morgan fingerprint density at radius 2 is 1.95 bits per heavy atom. The topological polar surface area (TPSA) is 144 Å². The first-order valence-electron chi connectivity index (χ1n) is 11.1. The molecule has 1 heterocycles. The first kappa shape index (κ1) is 27.9. The van der Waals surface area contributed by atoms with Gasteiger partial charge in [0.2, 0.25) is 0 Å². The predicted octanol–water partition coefficient (Wildman–Crippen LogP) is 4.54. The van der Waals surface area contributed by atoms with Crippen LogP contribution in [0.4, 0.5) is 29.3 Å². The minimum absolute atomic E-state index is 0.00557. The molecule has 4 N–H and O–H groups in total. The highest BCUT2D eigenvalue weighted by Crippen LogP contribution is 2.40. The number of hydrogen-bond donors (Lipinski definition) is 3. The lowest BCUT2D eigenvalue weighted by molar-refractivity contribution is -0.137. The number of benzene rings is 2. The smallest absolute Gasteiger partial charge is 0.416 e. The molecule has 2 aromatic rings. The molecule has 10 nitrogen and oxygen atoms in total. The third-order valence-electron chi connectivity index (χ3n) is 5.14. The molecule has 1 unspecified atom stereocenters. The molecule has 1 aliphatic rings. The van der Waals surface area contributed by atoms with Crippen LogP contribution in [0, 0.1) is 0 Å². The van der Waals surface area contributed by atoms with Crippen LogP contribution in [0.15, 0.2) is 52.5 Å². The van der Waals surface area contributed by atoms with E-state index in [9.17, 15) is 26.4 Å². The van der Waals surface area contributed by atoms with Gasteiger partial charge >= 0.3 is 12.3 Å². The van der Waals surface area contributed by atoms with Crippen molar-refractivity contribution in [1.82, 2.24) is 0 Å². The van der Waals surface area contributed by atoms with E-state index in [2.05, 4.69) is 10.5 Å². The van der Waals surface area contributed by atoms with Gasteiger partial charge in [-0.2, -0.15) is 13.2 Å². The summed E-state index contributed by atoms with van der Waals surface area (Å²) >= 11 is 0. The van der Waals surface area contributed by atoms with Crippen molar-refractivity contribution in [1.29, 1.82) is 0 Å². The summed E-state index contributed by atoms with van der Waals surface area (Å²) in [6.07, 6.45) is -6.07. The first-order valence-corrected chi connectivity index (χ1v) is 12.5. The molecular weight excluding hydrogens is 517 g/mol. The van der Waals surface area contributed by atoms with E-state index in [-0.39, 0.29) is 42.3 Å². The molecule has 3 rings (SSSR count). The van der Waals surface area contributed by atoms with E-state index in [4.69, 9.17) is 20.4 Å². The van der Waals surface area contributed by atoms with Gasteiger partial charge < -0.3 is 20.4 Å². The van der Waals surface area contributed by atoms with Crippen LogP contribution in [-0.4, -0.2) is 43.8 Å². The number of oxime groups is 1. The van der Waals surface area contributed by atoms with Crippen molar-refractivity contribution in [2.45, 2.75) is 56.4 Å². The summed E-state index contributed by atoms with van der Waals surface area (Å²) in [5, 5.41) is 14.2. The van der Waals surface area contributed by atoms with Crippen LogP contribution in [0.2, 0.25) is 0 Å². The van der Waals surface area contributed by atoms with Crippen LogP contribution >= 0.6 is 0 Å². The van der Waals surface area contributed by atoms with Crippen molar-refractivity contribution >= 4 is 33.3 Å². The molecule has 0 spiro atoms. The highest BCUT2D eigenvalue weighted by Gasteiger charge is 2.37. The Hall–Kier alpha value is -3.68. The Morgan fingerprint density at radius 1 is 1.24 bits per heavy atom. The summed E-state index contributed by atoms with van der Waals surface area (Å²) in [4.78, 5) is 11.6. The molecule has 0 saturated heterocycles. The molecular formula is C23H27F3N4O6S. The number of amidine groups is 1. The zero-order valence-corrected chi connectivity index (χ0v) is 21.1. The van der Waals surface area contributed by atoms with E-state index in [1.54, 1.807) is 20.8 Å². The van der Waals surface area contributed by atoms with Gasteiger partial charge in [-0.15, -0.1) is 0 Å². The zero-order valence-electron chi connectivity index (χ0n) is 20.2. The molecule has 14 heteroatoms. The Kier molecular flexibility index (Phi) is 7.81. The molecule has 0 saturated carbocycles. The van der Waals surface area contributed by atoms with Crippen molar-refractivity contribution in [3.05, 3.63) is 48.0 Å². The lowest BCUT2D eigenvalue weighted by Gasteiger charge is -2.36. The molecule has 2 aromatic carbocycles. The number of sulfonamides is 1. The van der Waals surface area contributed by atoms with Crippen LogP contribution in [0.1, 0.15) is 39.2 Å². The van der Waals surface area contributed by atoms with Gasteiger partial charge in [-0.1, -0.05) is 11.2 Å². The summed E-state index contributed by atoms with van der Waals surface area (Å²) in [5.41, 5.74) is 3.80. The number of halogens is 3. The number of nitrogens with two attached hydrogens (primary N) is 1. The number of rotatable bonds is 6. The summed E-state index contributed by atoms with van der Waals surface area (Å²) in [6, 6.07) is 7.61. The Bertz CT molecular complexity index is 1290. The van der Waals surface area contributed by atoms with Gasteiger partial charge in [-0.05, 0) is 63.6 Å². The largest absolute Gasteiger partial charge is 0.486 e. The predicted molar refractivity (Wildman–Crippen MR) is 129 cm³/mol. The number of anilines is 2. The Labute approximate surface area is 211 Å². The molecule has 0 bridgehead atoms. The Balaban J connectivity index is 2.02. The van der Waals surface area contributed by atoms with E-state index in [0.717, 1.165) is 22.5 Å². The van der Waals surface area contributed by atoms with E-state index < -0.39 is 44.5 Å². The monoisotopic (exact) mass is 544 g/mol. The highest BCUT2D eigenvalue weighted by molar-refractivity contribution is 7.92. The molecule has 0 aromatic heterocycles. The van der Waals surface area contributed by atoms with Crippen molar-refractivity contribution in [2.75, 3.05) is 16.2 Å². The second-order valence-electron chi connectivity index (χ2n) is 9.24. The van der Waals surface area contributed by atoms with E-state index in [0.29, 0.717) is 6.07 Å². The van der Waals surface area contributed by atoms with Gasteiger partial charge in [0.05, 0.1) is 22.7 Å². The average molecular weight is 545 g/mol. The molecule has 0 aliphatic carbocycles. The second-order valence-corrected chi connectivity index (χ2v) is 11.1. The number of nitrogens with one attached hydrogen (secondary N) is 1. The van der Waals surface area contributed by atoms with E-state index in [1.165, 1.54) is 18.2 Å². The van der Waals surface area contributed by atoms with Gasteiger partial charge in [0.15, 0.2) is 0 Å². The minimum Gasteiger partial charge on any atom is -0.486 e. The number of alkyl halides is 3. The number of ether oxygens (including phenoxy) is 2. The fourth-order valence-electron chi connectivity index (χ4n) is 3.51. The van der Waals surface area contributed by atoms with Gasteiger partial charge in [-0.25, -0.2) is 13.2 Å². The normalized spacial score (nSPS) is 16.5. The van der Waals surface area contributed by atoms with Gasteiger partial charge in [0.25, 0.3) is 10.0 Å². The maximum atomic E-state index is 13.6. The molecule has 37 heavy (non-hydrogen) atoms. The van der Waals surface area contributed by atoms with Crippen molar-refractivity contribution in [3.63, 3.8) is 0 Å². The number of carbonyl (C=O) groups excluding carboxylic acids is 1. The quantitative estimate of drug-likeness (QED) is 0.210. The first-order chi connectivity index (χ1) is 17.1.